The van der Waals surface area contributed by atoms with Crippen molar-refractivity contribution in [3.8, 4) is 0 Å². The number of allylic oxidation sites excluding steroid dienone is 12. The summed E-state index contributed by atoms with van der Waals surface area (Å²) in [4.78, 5) is 34.8. The molecule has 0 spiro atoms. The van der Waals surface area contributed by atoms with E-state index in [-0.39, 0.29) is 32.6 Å². The van der Waals surface area contributed by atoms with Crippen molar-refractivity contribution >= 4 is 19.8 Å². The first kappa shape index (κ1) is 51.5. The van der Waals surface area contributed by atoms with Gasteiger partial charge in [0.2, 0.25) is 0 Å². The Kier molecular flexibility index (Phi) is 38.2. The van der Waals surface area contributed by atoms with Crippen molar-refractivity contribution in [2.45, 2.75) is 168 Å². The topological polar surface area (TPSA) is 134 Å². The normalized spacial score (nSPS) is 14.1. The van der Waals surface area contributed by atoms with E-state index in [0.717, 1.165) is 83.5 Å². The van der Waals surface area contributed by atoms with Gasteiger partial charge in [-0.05, 0) is 83.5 Å². The van der Waals surface area contributed by atoms with Gasteiger partial charge in [-0.15, -0.1) is 0 Å². The molecule has 0 fully saturated rings. The maximum atomic E-state index is 12.6. The van der Waals surface area contributed by atoms with Gasteiger partial charge in [-0.3, -0.25) is 18.6 Å². The highest BCUT2D eigenvalue weighted by Gasteiger charge is 2.25. The van der Waals surface area contributed by atoms with Crippen molar-refractivity contribution in [3.63, 3.8) is 0 Å². The molecule has 0 aliphatic carbocycles. The number of unbranched alkanes of at least 4 members (excludes halogenated alkanes) is 13. The Morgan fingerprint density at radius 1 is 0.556 bits per heavy atom. The van der Waals surface area contributed by atoms with Crippen LogP contribution in [-0.4, -0.2) is 49.3 Å². The molecular weight excluding hydrogens is 701 g/mol. The number of carbonyl (C=O) groups excluding carboxylic acids is 2. The average Bonchev–Trinajstić information content (AvgIpc) is 3.16. The molecule has 3 N–H and O–H groups in total. The van der Waals surface area contributed by atoms with Crippen LogP contribution >= 0.6 is 7.82 Å². The van der Waals surface area contributed by atoms with Crippen molar-refractivity contribution in [3.05, 3.63) is 72.9 Å². The number of phosphoric acid groups is 1. The fraction of sp³-hybridized carbons (Fsp3) is 0.682. The summed E-state index contributed by atoms with van der Waals surface area (Å²) in [7, 11) is -4.39. The van der Waals surface area contributed by atoms with Crippen molar-refractivity contribution in [2.75, 3.05) is 26.4 Å². The molecule has 0 rings (SSSR count). The molecule has 54 heavy (non-hydrogen) atoms. The van der Waals surface area contributed by atoms with Crippen LogP contribution in [0.3, 0.4) is 0 Å². The number of hydrogen-bond acceptors (Lipinski definition) is 8. The molecule has 2 atom stereocenters. The molecule has 0 saturated heterocycles. The molecule has 0 saturated carbocycles. The monoisotopic (exact) mass is 778 g/mol. The summed E-state index contributed by atoms with van der Waals surface area (Å²) in [5.41, 5.74) is 5.34. The van der Waals surface area contributed by atoms with Gasteiger partial charge in [-0.25, -0.2) is 4.57 Å². The van der Waals surface area contributed by atoms with E-state index < -0.39 is 32.5 Å². The Hall–Kier alpha value is -2.55. The van der Waals surface area contributed by atoms with Crippen LogP contribution in [0.15, 0.2) is 72.9 Å². The fourth-order valence-electron chi connectivity index (χ4n) is 5.16. The third-order valence-electron chi connectivity index (χ3n) is 8.31. The molecule has 0 radical (unpaired) electrons. The van der Waals surface area contributed by atoms with Gasteiger partial charge in [0.25, 0.3) is 0 Å². The van der Waals surface area contributed by atoms with Crippen LogP contribution in [0.25, 0.3) is 0 Å². The Morgan fingerprint density at radius 2 is 0.981 bits per heavy atom. The molecule has 0 aliphatic heterocycles. The second kappa shape index (κ2) is 40.1. The van der Waals surface area contributed by atoms with E-state index in [2.05, 4.69) is 86.8 Å². The van der Waals surface area contributed by atoms with Gasteiger partial charge in [0.15, 0.2) is 6.10 Å². The van der Waals surface area contributed by atoms with E-state index in [1.54, 1.807) is 0 Å². The number of nitrogens with two attached hydrogens (primary N) is 1. The van der Waals surface area contributed by atoms with Crippen LogP contribution in [0.4, 0.5) is 0 Å². The molecular formula is C44H76NO8P. The summed E-state index contributed by atoms with van der Waals surface area (Å²) in [6.45, 7) is 3.59. The highest BCUT2D eigenvalue weighted by atomic mass is 31.2. The third kappa shape index (κ3) is 39.2. The zero-order valence-corrected chi connectivity index (χ0v) is 34.8. The molecule has 0 aromatic carbocycles. The van der Waals surface area contributed by atoms with E-state index in [9.17, 15) is 19.0 Å². The summed E-state index contributed by atoms with van der Waals surface area (Å²) < 4.78 is 32.7. The van der Waals surface area contributed by atoms with Gasteiger partial charge in [0.1, 0.15) is 6.61 Å². The van der Waals surface area contributed by atoms with Gasteiger partial charge in [-0.1, -0.05) is 138 Å². The predicted octanol–water partition coefficient (Wildman–Crippen LogP) is 11.9. The Balaban J connectivity index is 4.28. The maximum Gasteiger partial charge on any atom is 0.472 e. The van der Waals surface area contributed by atoms with Crippen LogP contribution < -0.4 is 5.73 Å². The number of esters is 2. The van der Waals surface area contributed by atoms with Crippen molar-refractivity contribution in [1.82, 2.24) is 0 Å². The number of rotatable bonds is 38. The van der Waals surface area contributed by atoms with E-state index in [4.69, 9.17) is 24.3 Å². The van der Waals surface area contributed by atoms with Gasteiger partial charge < -0.3 is 20.1 Å². The van der Waals surface area contributed by atoms with E-state index in [1.807, 2.05) is 0 Å². The molecule has 0 aromatic rings. The number of phosphoric ester groups is 1. The standard InChI is InChI=1S/C44H76NO8P/c1-3-5-7-9-11-13-15-17-19-20-21-22-23-25-27-29-31-33-35-37-44(47)53-42(41-52-54(48,49)51-39-38-45)40-50-43(46)36-34-32-30-28-26-24-18-16-14-12-10-8-6-4-2/h10-13,16-19,21-22,25,27,42H,3-9,14-15,20,23-24,26,28-41,45H2,1-2H3,(H,48,49)/b12-10-,13-11-,18-16-,19-17-,22-21-,27-25-/t42-/m1/s1. The molecule has 0 aliphatic rings. The molecule has 0 heterocycles. The van der Waals surface area contributed by atoms with Gasteiger partial charge in [0.05, 0.1) is 13.2 Å². The third-order valence-corrected chi connectivity index (χ3v) is 9.30. The smallest absolute Gasteiger partial charge is 0.462 e. The van der Waals surface area contributed by atoms with Gasteiger partial charge in [-0.2, -0.15) is 0 Å². The van der Waals surface area contributed by atoms with Crippen LogP contribution in [0.5, 0.6) is 0 Å². The quantitative estimate of drug-likeness (QED) is 0.0272. The highest BCUT2D eigenvalue weighted by Crippen LogP contribution is 2.43. The summed E-state index contributed by atoms with van der Waals surface area (Å²) in [6.07, 6.45) is 47.8. The minimum Gasteiger partial charge on any atom is -0.462 e. The lowest BCUT2D eigenvalue weighted by Gasteiger charge is -2.19. The van der Waals surface area contributed by atoms with Crippen LogP contribution in [0, 0.1) is 0 Å². The van der Waals surface area contributed by atoms with Crippen molar-refractivity contribution < 1.29 is 37.6 Å². The largest absolute Gasteiger partial charge is 0.472 e. The first-order valence-electron chi connectivity index (χ1n) is 20.9. The Morgan fingerprint density at radius 3 is 1.50 bits per heavy atom. The van der Waals surface area contributed by atoms with Crippen LogP contribution in [-0.2, 0) is 32.7 Å². The first-order chi connectivity index (χ1) is 26.3. The van der Waals surface area contributed by atoms with Gasteiger partial charge in [0, 0.05) is 19.4 Å². The molecule has 10 heteroatoms. The van der Waals surface area contributed by atoms with Crippen LogP contribution in [0.2, 0.25) is 0 Å². The second-order valence-electron chi connectivity index (χ2n) is 13.5. The van der Waals surface area contributed by atoms with E-state index in [1.165, 1.54) is 38.5 Å². The van der Waals surface area contributed by atoms with Crippen molar-refractivity contribution in [1.29, 1.82) is 0 Å². The lowest BCUT2D eigenvalue weighted by Crippen LogP contribution is -2.29. The summed E-state index contributed by atoms with van der Waals surface area (Å²) in [5, 5.41) is 0. The fourth-order valence-corrected chi connectivity index (χ4v) is 5.93. The summed E-state index contributed by atoms with van der Waals surface area (Å²) in [6, 6.07) is 0. The molecule has 0 bridgehead atoms. The zero-order chi connectivity index (χ0) is 39.6. The molecule has 9 nitrogen and oxygen atoms in total. The maximum absolute atomic E-state index is 12.6. The number of carbonyl (C=O) groups is 2. The predicted molar refractivity (Wildman–Crippen MR) is 224 cm³/mol. The van der Waals surface area contributed by atoms with E-state index in [0.29, 0.717) is 12.8 Å². The molecule has 0 aromatic heterocycles. The number of ether oxygens (including phenoxy) is 2. The van der Waals surface area contributed by atoms with Crippen LogP contribution in [0.1, 0.15) is 162 Å². The second-order valence-corrected chi connectivity index (χ2v) is 14.9. The number of hydrogen-bond donors (Lipinski definition) is 2. The summed E-state index contributed by atoms with van der Waals surface area (Å²) >= 11 is 0. The Labute approximate surface area is 329 Å². The van der Waals surface area contributed by atoms with Crippen molar-refractivity contribution in [2.24, 2.45) is 5.73 Å². The highest BCUT2D eigenvalue weighted by molar-refractivity contribution is 7.47. The lowest BCUT2D eigenvalue weighted by molar-refractivity contribution is -0.161. The average molecular weight is 778 g/mol. The minimum absolute atomic E-state index is 0.0421. The molecule has 0 amide bonds. The minimum atomic E-state index is -4.39. The molecule has 310 valence electrons. The SMILES string of the molecule is CCCC/C=C\C/C=C\CCCCCCCC(=O)OC[C@H](COP(=O)(O)OCCN)OC(=O)CCCCC/C=C\C/C=C\C/C=C\C/C=C\CCCCC. The lowest BCUT2D eigenvalue weighted by atomic mass is 10.1. The molecule has 1 unspecified atom stereocenters. The zero-order valence-electron chi connectivity index (χ0n) is 33.9. The first-order valence-corrected chi connectivity index (χ1v) is 22.4. The van der Waals surface area contributed by atoms with Gasteiger partial charge >= 0.3 is 19.8 Å². The van der Waals surface area contributed by atoms with E-state index >= 15 is 0 Å². The Bertz CT molecular complexity index is 1110. The summed E-state index contributed by atoms with van der Waals surface area (Å²) in [5.74, 6) is -0.888.